The lowest BCUT2D eigenvalue weighted by molar-refractivity contribution is 0.372. The first-order chi connectivity index (χ1) is 8.47. The Morgan fingerprint density at radius 1 is 1.44 bits per heavy atom. The van der Waals surface area contributed by atoms with Crippen LogP contribution in [0.15, 0.2) is 12.1 Å². The molecular formula is C11H16ClN3O2S. The summed E-state index contributed by atoms with van der Waals surface area (Å²) in [5, 5.41) is 8.12. The number of halogens is 1. The van der Waals surface area contributed by atoms with Crippen LogP contribution in [-0.2, 0) is 16.4 Å². The maximum Gasteiger partial charge on any atom is 0.211 e. The van der Waals surface area contributed by atoms with Gasteiger partial charge < -0.3 is 0 Å². The molecule has 1 fully saturated rings. The van der Waals surface area contributed by atoms with Crippen molar-refractivity contribution in [2.24, 2.45) is 0 Å². The predicted octanol–water partition coefficient (Wildman–Crippen LogP) is 1.49. The van der Waals surface area contributed by atoms with E-state index in [1.165, 1.54) is 6.26 Å². The number of aromatic nitrogens is 2. The van der Waals surface area contributed by atoms with Gasteiger partial charge in [0.25, 0.3) is 0 Å². The number of sulfonamides is 1. The quantitative estimate of drug-likeness (QED) is 0.842. The highest BCUT2D eigenvalue weighted by Crippen LogP contribution is 2.23. The van der Waals surface area contributed by atoms with Crippen molar-refractivity contribution >= 4 is 21.6 Å². The van der Waals surface area contributed by atoms with E-state index >= 15 is 0 Å². The fourth-order valence-electron chi connectivity index (χ4n) is 2.33. The summed E-state index contributed by atoms with van der Waals surface area (Å²) in [6, 6.07) is 3.62. The van der Waals surface area contributed by atoms with Crippen molar-refractivity contribution in [1.29, 1.82) is 0 Å². The van der Waals surface area contributed by atoms with Crippen LogP contribution in [0.1, 0.15) is 25.0 Å². The molecule has 18 heavy (non-hydrogen) atoms. The van der Waals surface area contributed by atoms with Crippen LogP contribution in [0.5, 0.6) is 0 Å². The predicted molar refractivity (Wildman–Crippen MR) is 69.9 cm³/mol. The number of rotatable bonds is 4. The van der Waals surface area contributed by atoms with Gasteiger partial charge >= 0.3 is 0 Å². The molecule has 0 bridgehead atoms. The molecule has 1 aromatic rings. The van der Waals surface area contributed by atoms with E-state index in [9.17, 15) is 8.42 Å². The summed E-state index contributed by atoms with van der Waals surface area (Å²) in [5.74, 6) is 0. The average molecular weight is 290 g/mol. The molecule has 7 heteroatoms. The Kier molecular flexibility index (Phi) is 4.19. The van der Waals surface area contributed by atoms with Crippen LogP contribution in [0, 0.1) is 0 Å². The molecule has 0 saturated carbocycles. The largest absolute Gasteiger partial charge is 0.212 e. The second-order valence-electron chi connectivity index (χ2n) is 4.56. The van der Waals surface area contributed by atoms with Crippen LogP contribution in [-0.4, -0.2) is 41.8 Å². The molecule has 0 amide bonds. The van der Waals surface area contributed by atoms with Gasteiger partial charge in [0.15, 0.2) is 5.15 Å². The minimum absolute atomic E-state index is 0.0949. The zero-order chi connectivity index (χ0) is 13.2. The Morgan fingerprint density at radius 2 is 2.22 bits per heavy atom. The molecule has 1 aliphatic rings. The topological polar surface area (TPSA) is 63.2 Å². The maximum atomic E-state index is 11.6. The molecule has 0 unspecified atom stereocenters. The molecule has 1 atom stereocenters. The number of aryl methyl sites for hydroxylation is 1. The van der Waals surface area contributed by atoms with Gasteiger partial charge in [0.2, 0.25) is 10.0 Å². The highest BCUT2D eigenvalue weighted by molar-refractivity contribution is 7.88. The van der Waals surface area contributed by atoms with Gasteiger partial charge in [0.05, 0.1) is 11.9 Å². The van der Waals surface area contributed by atoms with Crippen molar-refractivity contribution in [2.45, 2.75) is 31.7 Å². The van der Waals surface area contributed by atoms with Gasteiger partial charge in [-0.15, -0.1) is 5.10 Å². The molecule has 1 saturated heterocycles. The van der Waals surface area contributed by atoms with E-state index in [0.717, 1.165) is 31.4 Å². The summed E-state index contributed by atoms with van der Waals surface area (Å²) in [6.07, 6.45) is 4.63. The molecule has 100 valence electrons. The average Bonchev–Trinajstić information content (AvgIpc) is 2.76. The van der Waals surface area contributed by atoms with Crippen molar-refractivity contribution in [1.82, 2.24) is 14.5 Å². The lowest BCUT2D eigenvalue weighted by atomic mass is 10.1. The standard InChI is InChI=1S/C11H16ClN3O2S/c1-18(16,17)15-8-2-3-10(15)6-4-9-5-7-11(12)14-13-9/h5,7,10H,2-4,6,8H2,1H3/t10-/m0/s1. The Bertz CT molecular complexity index is 504. The van der Waals surface area contributed by atoms with Gasteiger partial charge in [0, 0.05) is 12.6 Å². The fraction of sp³-hybridized carbons (Fsp3) is 0.636. The van der Waals surface area contributed by atoms with Crippen molar-refractivity contribution in [3.05, 3.63) is 23.0 Å². The first-order valence-corrected chi connectivity index (χ1v) is 8.14. The van der Waals surface area contributed by atoms with E-state index in [-0.39, 0.29) is 6.04 Å². The number of nitrogens with zero attached hydrogens (tertiary/aromatic N) is 3. The molecule has 0 radical (unpaired) electrons. The lowest BCUT2D eigenvalue weighted by Gasteiger charge is -2.21. The molecule has 0 aromatic carbocycles. The van der Waals surface area contributed by atoms with Gasteiger partial charge in [-0.2, -0.15) is 9.40 Å². The van der Waals surface area contributed by atoms with E-state index in [0.29, 0.717) is 11.7 Å². The SMILES string of the molecule is CS(=O)(=O)N1CCC[C@H]1CCc1ccc(Cl)nn1. The lowest BCUT2D eigenvalue weighted by Crippen LogP contribution is -2.34. The van der Waals surface area contributed by atoms with Gasteiger partial charge in [-0.1, -0.05) is 11.6 Å². The first kappa shape index (κ1) is 13.7. The molecule has 2 rings (SSSR count). The molecule has 0 N–H and O–H groups in total. The van der Waals surface area contributed by atoms with Gasteiger partial charge in [-0.05, 0) is 37.8 Å². The minimum atomic E-state index is -3.09. The molecule has 0 aliphatic carbocycles. The van der Waals surface area contributed by atoms with Crippen molar-refractivity contribution in [3.8, 4) is 0 Å². The number of hydrogen-bond donors (Lipinski definition) is 0. The van der Waals surface area contributed by atoms with Crippen LogP contribution in [0.25, 0.3) is 0 Å². The van der Waals surface area contributed by atoms with Crippen molar-refractivity contribution < 1.29 is 8.42 Å². The summed E-state index contributed by atoms with van der Waals surface area (Å²) < 4.78 is 24.8. The van der Waals surface area contributed by atoms with Crippen LogP contribution in [0.4, 0.5) is 0 Å². The minimum Gasteiger partial charge on any atom is -0.212 e. The number of hydrogen-bond acceptors (Lipinski definition) is 4. The summed E-state index contributed by atoms with van der Waals surface area (Å²) in [6.45, 7) is 0.635. The molecular weight excluding hydrogens is 274 g/mol. The summed E-state index contributed by atoms with van der Waals surface area (Å²) in [7, 11) is -3.09. The third kappa shape index (κ3) is 3.40. The monoisotopic (exact) mass is 289 g/mol. The third-order valence-corrected chi connectivity index (χ3v) is 4.70. The van der Waals surface area contributed by atoms with Crippen molar-refractivity contribution in [3.63, 3.8) is 0 Å². The van der Waals surface area contributed by atoms with Crippen LogP contribution >= 0.6 is 11.6 Å². The van der Waals surface area contributed by atoms with Crippen molar-refractivity contribution in [2.75, 3.05) is 12.8 Å². The summed E-state index contributed by atoms with van der Waals surface area (Å²) in [4.78, 5) is 0. The van der Waals surface area contributed by atoms with E-state index < -0.39 is 10.0 Å². The normalized spacial score (nSPS) is 21.3. The van der Waals surface area contributed by atoms with E-state index in [2.05, 4.69) is 10.2 Å². The second kappa shape index (κ2) is 5.50. The third-order valence-electron chi connectivity index (χ3n) is 3.17. The maximum absolute atomic E-state index is 11.6. The first-order valence-electron chi connectivity index (χ1n) is 5.92. The Morgan fingerprint density at radius 3 is 2.83 bits per heavy atom. The fourth-order valence-corrected chi connectivity index (χ4v) is 3.64. The molecule has 1 aromatic heterocycles. The zero-order valence-corrected chi connectivity index (χ0v) is 11.8. The Balaban J connectivity index is 1.96. The zero-order valence-electron chi connectivity index (χ0n) is 10.2. The van der Waals surface area contributed by atoms with Gasteiger partial charge in [-0.25, -0.2) is 8.42 Å². The molecule has 0 spiro atoms. The molecule has 5 nitrogen and oxygen atoms in total. The van der Waals surface area contributed by atoms with Crippen LogP contribution in [0.3, 0.4) is 0 Å². The molecule has 1 aliphatic heterocycles. The Labute approximate surface area is 112 Å². The van der Waals surface area contributed by atoms with Crippen LogP contribution < -0.4 is 0 Å². The molecule has 2 heterocycles. The van der Waals surface area contributed by atoms with Crippen LogP contribution in [0.2, 0.25) is 5.15 Å². The van der Waals surface area contributed by atoms with Gasteiger partial charge in [-0.3, -0.25) is 0 Å². The summed E-state index contributed by atoms with van der Waals surface area (Å²) >= 11 is 5.66. The highest BCUT2D eigenvalue weighted by Gasteiger charge is 2.30. The second-order valence-corrected chi connectivity index (χ2v) is 6.88. The van der Waals surface area contributed by atoms with Gasteiger partial charge in [0.1, 0.15) is 0 Å². The Hall–Kier alpha value is -0.720. The van der Waals surface area contributed by atoms with E-state index in [1.807, 2.05) is 6.07 Å². The summed E-state index contributed by atoms with van der Waals surface area (Å²) in [5.41, 5.74) is 0.847. The van der Waals surface area contributed by atoms with E-state index in [4.69, 9.17) is 11.6 Å². The highest BCUT2D eigenvalue weighted by atomic mass is 35.5. The van der Waals surface area contributed by atoms with E-state index in [1.54, 1.807) is 10.4 Å². The smallest absolute Gasteiger partial charge is 0.211 e.